The molecular weight excluding hydrogens is 344 g/mol. The average Bonchev–Trinajstić information content (AvgIpc) is 2.71. The third-order valence-corrected chi connectivity index (χ3v) is 4.91. The summed E-state index contributed by atoms with van der Waals surface area (Å²) in [5.41, 5.74) is 2.49. The highest BCUT2D eigenvalue weighted by molar-refractivity contribution is 5.93. The van der Waals surface area contributed by atoms with E-state index in [1.165, 1.54) is 0 Å². The first-order valence-corrected chi connectivity index (χ1v) is 8.91. The van der Waals surface area contributed by atoms with E-state index in [0.717, 1.165) is 11.1 Å². The van der Waals surface area contributed by atoms with Crippen molar-refractivity contribution in [2.45, 2.75) is 6.54 Å². The molecule has 2 heterocycles. The van der Waals surface area contributed by atoms with Crippen LogP contribution in [0.4, 0.5) is 0 Å². The zero-order valence-corrected chi connectivity index (χ0v) is 14.8. The van der Waals surface area contributed by atoms with Crippen molar-refractivity contribution >= 4 is 16.9 Å². The number of aromatic nitrogens is 1. The van der Waals surface area contributed by atoms with Crippen molar-refractivity contribution in [2.24, 2.45) is 0 Å². The highest BCUT2D eigenvalue weighted by Gasteiger charge is 2.21. The fraction of sp³-hybridized carbons (Fsp3) is 0.238. The lowest BCUT2D eigenvalue weighted by molar-refractivity contribution is 0.0337. The van der Waals surface area contributed by atoms with Crippen LogP contribution in [0.2, 0.25) is 0 Å². The van der Waals surface area contributed by atoms with E-state index in [1.807, 2.05) is 47.4 Å². The second kappa shape index (κ2) is 7.34. The predicted molar refractivity (Wildman–Crippen MR) is 103 cm³/mol. The van der Waals surface area contributed by atoms with Crippen molar-refractivity contribution < 1.29 is 14.6 Å². The van der Waals surface area contributed by atoms with E-state index < -0.39 is 5.97 Å². The SMILES string of the molecule is O=C(O)c1[nH]c2ccc(-c3ccccc3)cc2c(=O)c1CN1CCOCC1. The van der Waals surface area contributed by atoms with Gasteiger partial charge < -0.3 is 14.8 Å². The number of fused-ring (bicyclic) bond motifs is 1. The van der Waals surface area contributed by atoms with Gasteiger partial charge in [0.05, 0.1) is 13.2 Å². The first-order valence-electron chi connectivity index (χ1n) is 8.91. The number of hydrogen-bond acceptors (Lipinski definition) is 4. The minimum Gasteiger partial charge on any atom is -0.477 e. The summed E-state index contributed by atoms with van der Waals surface area (Å²) in [5, 5.41) is 10.1. The number of morpholine rings is 1. The molecule has 6 nitrogen and oxygen atoms in total. The molecule has 0 amide bonds. The van der Waals surface area contributed by atoms with Crippen molar-refractivity contribution in [1.29, 1.82) is 0 Å². The van der Waals surface area contributed by atoms with Crippen LogP contribution in [0, 0.1) is 0 Å². The van der Waals surface area contributed by atoms with Crippen LogP contribution in [0.1, 0.15) is 16.1 Å². The van der Waals surface area contributed by atoms with E-state index in [-0.39, 0.29) is 11.1 Å². The van der Waals surface area contributed by atoms with E-state index in [2.05, 4.69) is 4.98 Å². The van der Waals surface area contributed by atoms with Gasteiger partial charge in [0.2, 0.25) is 0 Å². The molecule has 1 aromatic heterocycles. The van der Waals surface area contributed by atoms with Crippen LogP contribution in [0.5, 0.6) is 0 Å². The molecule has 1 aliphatic rings. The number of rotatable bonds is 4. The fourth-order valence-electron chi connectivity index (χ4n) is 3.45. The number of carboxylic acid groups (broad SMARTS) is 1. The minimum absolute atomic E-state index is 0.0357. The van der Waals surface area contributed by atoms with Crippen LogP contribution >= 0.6 is 0 Å². The van der Waals surface area contributed by atoms with E-state index in [9.17, 15) is 14.7 Å². The third kappa shape index (κ3) is 3.49. The van der Waals surface area contributed by atoms with Crippen LogP contribution in [0.15, 0.2) is 53.3 Å². The van der Waals surface area contributed by atoms with Crippen LogP contribution < -0.4 is 5.43 Å². The van der Waals surface area contributed by atoms with Gasteiger partial charge in [0.1, 0.15) is 5.69 Å². The first-order chi connectivity index (χ1) is 13.1. The molecule has 0 saturated carbocycles. The van der Waals surface area contributed by atoms with Gasteiger partial charge in [0, 0.05) is 36.1 Å². The van der Waals surface area contributed by atoms with E-state index in [1.54, 1.807) is 6.07 Å². The van der Waals surface area contributed by atoms with Crippen molar-refractivity contribution in [3.05, 3.63) is 70.0 Å². The quantitative estimate of drug-likeness (QED) is 0.744. The standard InChI is InChI=1S/C21H20N2O4/c24-20-16-12-15(14-4-2-1-3-5-14)6-7-18(16)22-19(21(25)26)17(20)13-23-8-10-27-11-9-23/h1-7,12H,8-11,13H2,(H,22,24)(H,25,26). The van der Waals surface area contributed by atoms with Gasteiger partial charge >= 0.3 is 5.97 Å². The van der Waals surface area contributed by atoms with Crippen LogP contribution in [0.25, 0.3) is 22.0 Å². The fourth-order valence-corrected chi connectivity index (χ4v) is 3.45. The van der Waals surface area contributed by atoms with E-state index in [4.69, 9.17) is 4.74 Å². The van der Waals surface area contributed by atoms with Gasteiger partial charge in [-0.2, -0.15) is 0 Å². The molecule has 0 unspecified atom stereocenters. The van der Waals surface area contributed by atoms with Gasteiger partial charge in [0.25, 0.3) is 0 Å². The molecule has 2 N–H and O–H groups in total. The molecule has 0 bridgehead atoms. The average molecular weight is 364 g/mol. The van der Waals surface area contributed by atoms with Crippen LogP contribution in [0.3, 0.4) is 0 Å². The maximum Gasteiger partial charge on any atom is 0.352 e. The van der Waals surface area contributed by atoms with E-state index >= 15 is 0 Å². The number of carboxylic acids is 1. The summed E-state index contributed by atoms with van der Waals surface area (Å²) in [7, 11) is 0. The molecule has 0 aliphatic carbocycles. The number of benzene rings is 2. The first kappa shape index (κ1) is 17.5. The number of nitrogens with one attached hydrogen (secondary N) is 1. The summed E-state index contributed by atoms with van der Waals surface area (Å²) in [6.45, 7) is 2.84. The lowest BCUT2D eigenvalue weighted by Gasteiger charge is -2.26. The summed E-state index contributed by atoms with van der Waals surface area (Å²) in [5.74, 6) is -1.12. The van der Waals surface area contributed by atoms with Gasteiger partial charge in [-0.15, -0.1) is 0 Å². The Morgan fingerprint density at radius 3 is 2.52 bits per heavy atom. The topological polar surface area (TPSA) is 82.6 Å². The second-order valence-electron chi connectivity index (χ2n) is 6.63. The molecule has 1 fully saturated rings. The highest BCUT2D eigenvalue weighted by Crippen LogP contribution is 2.23. The summed E-state index contributed by atoms with van der Waals surface area (Å²) < 4.78 is 5.34. The summed E-state index contributed by atoms with van der Waals surface area (Å²) in [6, 6.07) is 15.3. The Labute approximate surface area is 156 Å². The normalized spacial score (nSPS) is 15.1. The van der Waals surface area contributed by atoms with Gasteiger partial charge in [-0.05, 0) is 23.3 Å². The number of aromatic carboxylic acids is 1. The number of hydrogen-bond donors (Lipinski definition) is 2. The monoisotopic (exact) mass is 364 g/mol. The summed E-state index contributed by atoms with van der Waals surface area (Å²) >= 11 is 0. The minimum atomic E-state index is -1.12. The number of aromatic amines is 1. The lowest BCUT2D eigenvalue weighted by atomic mass is 10.0. The maximum atomic E-state index is 13.2. The Morgan fingerprint density at radius 2 is 1.81 bits per heavy atom. The molecule has 6 heteroatoms. The molecule has 27 heavy (non-hydrogen) atoms. The third-order valence-electron chi connectivity index (χ3n) is 4.91. The largest absolute Gasteiger partial charge is 0.477 e. The molecule has 3 aromatic rings. The molecule has 1 aliphatic heterocycles. The zero-order valence-electron chi connectivity index (χ0n) is 14.8. The van der Waals surface area contributed by atoms with Gasteiger partial charge in [0.15, 0.2) is 5.43 Å². The molecule has 2 aromatic carbocycles. The molecular formula is C21H20N2O4. The predicted octanol–water partition coefficient (Wildman–Crippen LogP) is 2.73. The maximum absolute atomic E-state index is 13.2. The zero-order chi connectivity index (χ0) is 18.8. The summed E-state index contributed by atoms with van der Waals surface area (Å²) in [4.78, 5) is 29.9. The van der Waals surface area contributed by atoms with Gasteiger partial charge in [-0.3, -0.25) is 9.69 Å². The van der Waals surface area contributed by atoms with Crippen LogP contribution in [-0.4, -0.2) is 47.3 Å². The van der Waals surface area contributed by atoms with Crippen LogP contribution in [-0.2, 0) is 11.3 Å². The van der Waals surface area contributed by atoms with Crippen molar-refractivity contribution in [3.8, 4) is 11.1 Å². The molecule has 4 rings (SSSR count). The Kier molecular flexibility index (Phi) is 4.75. The molecule has 0 radical (unpaired) electrons. The van der Waals surface area contributed by atoms with Gasteiger partial charge in [-0.25, -0.2) is 4.79 Å². The number of nitrogens with zero attached hydrogens (tertiary/aromatic N) is 1. The van der Waals surface area contributed by atoms with Gasteiger partial charge in [-0.1, -0.05) is 36.4 Å². The van der Waals surface area contributed by atoms with E-state index in [0.29, 0.717) is 49.3 Å². The smallest absolute Gasteiger partial charge is 0.352 e. The molecule has 0 atom stereocenters. The Hall–Kier alpha value is -2.96. The molecule has 138 valence electrons. The Morgan fingerprint density at radius 1 is 1.07 bits per heavy atom. The second-order valence-corrected chi connectivity index (χ2v) is 6.63. The summed E-state index contributed by atoms with van der Waals surface area (Å²) in [6.07, 6.45) is 0. The number of carbonyl (C=O) groups is 1. The Balaban J connectivity index is 1.84. The molecule has 0 spiro atoms. The lowest BCUT2D eigenvalue weighted by Crippen LogP contribution is -2.37. The van der Waals surface area contributed by atoms with Crippen molar-refractivity contribution in [2.75, 3.05) is 26.3 Å². The van der Waals surface area contributed by atoms with Crippen molar-refractivity contribution in [1.82, 2.24) is 9.88 Å². The molecule has 1 saturated heterocycles. The number of H-pyrrole nitrogens is 1. The number of pyridine rings is 1. The van der Waals surface area contributed by atoms with Crippen molar-refractivity contribution in [3.63, 3.8) is 0 Å². The Bertz CT molecular complexity index is 1040. The highest BCUT2D eigenvalue weighted by atomic mass is 16.5. The number of ether oxygens (including phenoxy) is 1.